The molecule has 1 heterocycles. The maximum Gasteiger partial charge on any atom is 0.114 e. The van der Waals surface area contributed by atoms with Crippen LogP contribution in [-0.4, -0.2) is 8.07 Å². The molecular formula is C24H24Si. The minimum atomic E-state index is -1.73. The molecule has 0 aromatic heterocycles. The fraction of sp³-hybridized carbons (Fsp3) is 0.167. The van der Waals surface area contributed by atoms with Crippen molar-refractivity contribution in [1.29, 1.82) is 0 Å². The second kappa shape index (κ2) is 5.85. The Labute approximate surface area is 151 Å². The molecule has 0 spiro atoms. The first-order valence-electron chi connectivity index (χ1n) is 8.97. The van der Waals surface area contributed by atoms with Crippen molar-refractivity contribution >= 4 is 24.0 Å². The van der Waals surface area contributed by atoms with Crippen molar-refractivity contribution in [3.05, 3.63) is 101 Å². The second-order valence-corrected chi connectivity index (χ2v) is 11.9. The summed E-state index contributed by atoms with van der Waals surface area (Å²) in [4.78, 5) is 0. The second-order valence-electron chi connectivity index (χ2n) is 7.65. The SMILES string of the molecule is Cc1ccc(C2=C(c3ccc(C)cc3)[Si](C)(C)c3ccccc32)cc1. The van der Waals surface area contributed by atoms with Crippen molar-refractivity contribution in [2.45, 2.75) is 26.9 Å². The fourth-order valence-electron chi connectivity index (χ4n) is 4.07. The van der Waals surface area contributed by atoms with Gasteiger partial charge in [0.25, 0.3) is 0 Å². The Kier molecular flexibility index (Phi) is 3.77. The molecule has 0 saturated carbocycles. The molecule has 1 aliphatic heterocycles. The van der Waals surface area contributed by atoms with E-state index in [1.54, 1.807) is 10.4 Å². The standard InChI is InChI=1S/C24H24Si/c1-17-9-13-19(14-10-17)23-21-7-5-6-8-22(21)25(3,4)24(23)20-15-11-18(2)12-16-20/h5-16H,1-4H3. The smallest absolute Gasteiger partial charge is 0.0623 e. The van der Waals surface area contributed by atoms with Gasteiger partial charge in [0.15, 0.2) is 0 Å². The van der Waals surface area contributed by atoms with E-state index in [1.165, 1.54) is 33.4 Å². The topological polar surface area (TPSA) is 0 Å². The average molecular weight is 341 g/mol. The van der Waals surface area contributed by atoms with E-state index in [0.717, 1.165) is 0 Å². The van der Waals surface area contributed by atoms with Crippen LogP contribution in [0.25, 0.3) is 10.8 Å². The first kappa shape index (κ1) is 16.1. The van der Waals surface area contributed by atoms with E-state index in [-0.39, 0.29) is 0 Å². The minimum Gasteiger partial charge on any atom is -0.0623 e. The molecule has 0 fully saturated rings. The Hall–Kier alpha value is -2.38. The zero-order chi connectivity index (χ0) is 17.6. The van der Waals surface area contributed by atoms with Crippen molar-refractivity contribution in [2.75, 3.05) is 0 Å². The first-order valence-corrected chi connectivity index (χ1v) is 12.0. The fourth-order valence-corrected chi connectivity index (χ4v) is 7.53. The summed E-state index contributed by atoms with van der Waals surface area (Å²) < 4.78 is 0. The highest BCUT2D eigenvalue weighted by molar-refractivity contribution is 7.08. The lowest BCUT2D eigenvalue weighted by Crippen LogP contribution is -2.40. The lowest BCUT2D eigenvalue weighted by atomic mass is 9.95. The van der Waals surface area contributed by atoms with Crippen molar-refractivity contribution in [1.82, 2.24) is 0 Å². The zero-order valence-electron chi connectivity index (χ0n) is 15.4. The van der Waals surface area contributed by atoms with Gasteiger partial charge in [-0.3, -0.25) is 0 Å². The molecule has 0 amide bonds. The van der Waals surface area contributed by atoms with Gasteiger partial charge in [0.2, 0.25) is 0 Å². The molecular weight excluding hydrogens is 316 g/mol. The molecule has 25 heavy (non-hydrogen) atoms. The number of fused-ring (bicyclic) bond motifs is 1. The van der Waals surface area contributed by atoms with Crippen LogP contribution in [0.15, 0.2) is 72.8 Å². The molecule has 0 atom stereocenters. The van der Waals surface area contributed by atoms with Crippen LogP contribution in [0.5, 0.6) is 0 Å². The number of rotatable bonds is 2. The Bertz CT molecular complexity index is 958. The van der Waals surface area contributed by atoms with E-state index >= 15 is 0 Å². The quantitative estimate of drug-likeness (QED) is 0.523. The minimum absolute atomic E-state index is 1.31. The van der Waals surface area contributed by atoms with E-state index in [1.807, 2.05) is 0 Å². The van der Waals surface area contributed by atoms with Crippen LogP contribution in [0.4, 0.5) is 0 Å². The molecule has 3 aromatic carbocycles. The van der Waals surface area contributed by atoms with Crippen molar-refractivity contribution in [2.24, 2.45) is 0 Å². The van der Waals surface area contributed by atoms with Crippen molar-refractivity contribution in [3.8, 4) is 0 Å². The highest BCUT2D eigenvalue weighted by atomic mass is 28.3. The van der Waals surface area contributed by atoms with E-state index in [9.17, 15) is 0 Å². The summed E-state index contributed by atoms with van der Waals surface area (Å²) in [6.45, 7) is 9.29. The van der Waals surface area contributed by atoms with Gasteiger partial charge in [0, 0.05) is 0 Å². The lowest BCUT2D eigenvalue weighted by Gasteiger charge is -2.23. The van der Waals surface area contributed by atoms with Crippen molar-refractivity contribution < 1.29 is 0 Å². The Morgan fingerprint density at radius 1 is 0.600 bits per heavy atom. The first-order chi connectivity index (χ1) is 12.0. The highest BCUT2D eigenvalue weighted by Crippen LogP contribution is 2.43. The van der Waals surface area contributed by atoms with E-state index < -0.39 is 8.07 Å². The van der Waals surface area contributed by atoms with Crippen LogP contribution in [-0.2, 0) is 0 Å². The Morgan fingerprint density at radius 3 is 1.72 bits per heavy atom. The molecule has 0 aliphatic carbocycles. The summed E-state index contributed by atoms with van der Waals surface area (Å²) in [6, 6.07) is 27.1. The molecule has 0 N–H and O–H groups in total. The van der Waals surface area contributed by atoms with E-state index in [2.05, 4.69) is 99.7 Å². The summed E-state index contributed by atoms with van der Waals surface area (Å²) in [5.41, 5.74) is 8.22. The third kappa shape index (κ3) is 2.60. The van der Waals surface area contributed by atoms with Crippen LogP contribution in [0.3, 0.4) is 0 Å². The predicted octanol–water partition coefficient (Wildman–Crippen LogP) is 5.73. The number of benzene rings is 3. The van der Waals surface area contributed by atoms with Gasteiger partial charge in [0.05, 0.1) is 0 Å². The van der Waals surface area contributed by atoms with Crippen LogP contribution < -0.4 is 5.19 Å². The summed E-state index contributed by atoms with van der Waals surface area (Å²) >= 11 is 0. The third-order valence-electron chi connectivity index (χ3n) is 5.43. The molecule has 4 rings (SSSR count). The summed E-state index contributed by atoms with van der Waals surface area (Å²) in [5.74, 6) is 0. The lowest BCUT2D eigenvalue weighted by molar-refractivity contribution is 1.44. The van der Waals surface area contributed by atoms with Gasteiger partial charge in [-0.25, -0.2) is 0 Å². The molecule has 1 aliphatic rings. The van der Waals surface area contributed by atoms with Gasteiger partial charge in [-0.2, -0.15) is 0 Å². The largest absolute Gasteiger partial charge is 0.114 e. The monoisotopic (exact) mass is 340 g/mol. The molecule has 1 heteroatoms. The number of aryl methyl sites for hydroxylation is 2. The van der Waals surface area contributed by atoms with Gasteiger partial charge >= 0.3 is 0 Å². The maximum absolute atomic E-state index is 2.49. The zero-order valence-corrected chi connectivity index (χ0v) is 16.4. The highest BCUT2D eigenvalue weighted by Gasteiger charge is 2.40. The van der Waals surface area contributed by atoms with Gasteiger partial charge in [-0.05, 0) is 46.5 Å². The van der Waals surface area contributed by atoms with Gasteiger partial charge in [-0.1, -0.05) is 97.0 Å². The van der Waals surface area contributed by atoms with Crippen LogP contribution in [0, 0.1) is 13.8 Å². The van der Waals surface area contributed by atoms with Crippen molar-refractivity contribution in [3.63, 3.8) is 0 Å². The normalized spacial score (nSPS) is 15.4. The summed E-state index contributed by atoms with van der Waals surface area (Å²) in [7, 11) is -1.73. The van der Waals surface area contributed by atoms with Crippen LogP contribution >= 0.6 is 0 Å². The Morgan fingerprint density at radius 2 is 1.12 bits per heavy atom. The summed E-state index contributed by atoms with van der Waals surface area (Å²) in [6.07, 6.45) is 0. The van der Waals surface area contributed by atoms with Gasteiger partial charge in [-0.15, -0.1) is 0 Å². The molecule has 0 saturated heterocycles. The molecule has 0 bridgehead atoms. The molecule has 0 nitrogen and oxygen atoms in total. The van der Waals surface area contributed by atoms with Crippen LogP contribution in [0.1, 0.15) is 27.8 Å². The Balaban J connectivity index is 2.04. The van der Waals surface area contributed by atoms with Gasteiger partial charge < -0.3 is 0 Å². The molecule has 0 radical (unpaired) electrons. The number of hydrogen-bond acceptors (Lipinski definition) is 0. The van der Waals surface area contributed by atoms with E-state index in [4.69, 9.17) is 0 Å². The van der Waals surface area contributed by atoms with E-state index in [0.29, 0.717) is 0 Å². The maximum atomic E-state index is 2.49. The summed E-state index contributed by atoms with van der Waals surface area (Å²) in [5, 5.41) is 3.12. The van der Waals surface area contributed by atoms with Crippen LogP contribution in [0.2, 0.25) is 13.1 Å². The van der Waals surface area contributed by atoms with Gasteiger partial charge in [0.1, 0.15) is 8.07 Å². The average Bonchev–Trinajstić information content (AvgIpc) is 2.85. The molecule has 124 valence electrons. The molecule has 0 unspecified atom stereocenters. The molecule has 3 aromatic rings. The third-order valence-corrected chi connectivity index (χ3v) is 9.00. The number of hydrogen-bond donors (Lipinski definition) is 0. The predicted molar refractivity (Wildman–Crippen MR) is 112 cm³/mol.